The van der Waals surface area contributed by atoms with Crippen LogP contribution in [0.4, 0.5) is 0 Å². The molecule has 134 valence electrons. The molecule has 2 amide bonds. The number of nitrogens with one attached hydrogen (secondary N) is 2. The molecule has 0 aromatic heterocycles. The van der Waals surface area contributed by atoms with Gasteiger partial charge < -0.3 is 10.6 Å². The average molecular weight is 360 g/mol. The minimum Gasteiger partial charge on any atom is -0.357 e. The molecule has 2 aliphatic rings. The Morgan fingerprint density at radius 2 is 1.96 bits per heavy atom. The van der Waals surface area contributed by atoms with E-state index in [1.165, 1.54) is 23.5 Å². The summed E-state index contributed by atoms with van der Waals surface area (Å²) in [6.07, 6.45) is 2.50. The third kappa shape index (κ3) is 4.15. The summed E-state index contributed by atoms with van der Waals surface area (Å²) in [6.45, 7) is 4.40. The van der Waals surface area contributed by atoms with E-state index in [9.17, 15) is 9.59 Å². The number of hydrogen-bond acceptors (Lipinski definition) is 4. The molecule has 0 spiro atoms. The van der Waals surface area contributed by atoms with Crippen molar-refractivity contribution in [2.45, 2.75) is 25.0 Å². The molecule has 2 aliphatic heterocycles. The van der Waals surface area contributed by atoms with Gasteiger partial charge in [-0.25, -0.2) is 0 Å². The van der Waals surface area contributed by atoms with Gasteiger partial charge in [0, 0.05) is 24.9 Å². The SMILES string of the molecule is CCNC(=NCC1CCCS1)NCCN1C(=O)c2ccccc2C1=O. The molecule has 0 saturated carbocycles. The van der Waals surface area contributed by atoms with E-state index in [1.807, 2.05) is 18.7 Å². The second-order valence-electron chi connectivity index (χ2n) is 6.09. The van der Waals surface area contributed by atoms with Crippen molar-refractivity contribution in [3.8, 4) is 0 Å². The van der Waals surface area contributed by atoms with Crippen molar-refractivity contribution in [2.24, 2.45) is 4.99 Å². The zero-order valence-corrected chi connectivity index (χ0v) is 15.3. The van der Waals surface area contributed by atoms with Gasteiger partial charge >= 0.3 is 0 Å². The first-order chi connectivity index (χ1) is 12.2. The fourth-order valence-corrected chi connectivity index (χ4v) is 4.23. The number of nitrogens with zero attached hydrogens (tertiary/aromatic N) is 2. The van der Waals surface area contributed by atoms with Crippen molar-refractivity contribution in [1.29, 1.82) is 0 Å². The minimum atomic E-state index is -0.216. The van der Waals surface area contributed by atoms with E-state index in [4.69, 9.17) is 0 Å². The van der Waals surface area contributed by atoms with Crippen LogP contribution in [-0.2, 0) is 0 Å². The zero-order valence-electron chi connectivity index (χ0n) is 14.5. The fourth-order valence-electron chi connectivity index (χ4n) is 3.05. The largest absolute Gasteiger partial charge is 0.357 e. The molecule has 0 radical (unpaired) electrons. The third-order valence-corrected chi connectivity index (χ3v) is 5.71. The highest BCUT2D eigenvalue weighted by molar-refractivity contribution is 8.00. The molecular formula is C18H24N4O2S. The van der Waals surface area contributed by atoms with Crippen LogP contribution in [0.5, 0.6) is 0 Å². The van der Waals surface area contributed by atoms with Gasteiger partial charge in [0.2, 0.25) is 0 Å². The van der Waals surface area contributed by atoms with Gasteiger partial charge in [-0.2, -0.15) is 11.8 Å². The van der Waals surface area contributed by atoms with Crippen LogP contribution in [0.1, 0.15) is 40.5 Å². The summed E-state index contributed by atoms with van der Waals surface area (Å²) in [6, 6.07) is 6.97. The lowest BCUT2D eigenvalue weighted by molar-refractivity contribution is 0.0657. The van der Waals surface area contributed by atoms with Gasteiger partial charge in [0.1, 0.15) is 0 Å². The quantitative estimate of drug-likeness (QED) is 0.459. The van der Waals surface area contributed by atoms with Gasteiger partial charge in [0.25, 0.3) is 11.8 Å². The Morgan fingerprint density at radius 3 is 2.56 bits per heavy atom. The summed E-state index contributed by atoms with van der Waals surface area (Å²) in [5, 5.41) is 7.04. The Labute approximate surface area is 152 Å². The van der Waals surface area contributed by atoms with Gasteiger partial charge in [-0.3, -0.25) is 19.5 Å². The Balaban J connectivity index is 1.53. The van der Waals surface area contributed by atoms with E-state index in [0.717, 1.165) is 19.0 Å². The maximum atomic E-state index is 12.3. The number of imide groups is 1. The minimum absolute atomic E-state index is 0.216. The molecule has 1 aromatic rings. The molecule has 7 heteroatoms. The first-order valence-corrected chi connectivity index (χ1v) is 9.84. The van der Waals surface area contributed by atoms with Crippen LogP contribution in [0.25, 0.3) is 0 Å². The van der Waals surface area contributed by atoms with E-state index in [0.29, 0.717) is 29.5 Å². The van der Waals surface area contributed by atoms with Crippen LogP contribution >= 0.6 is 11.8 Å². The normalized spacial score (nSPS) is 20.1. The van der Waals surface area contributed by atoms with Gasteiger partial charge in [-0.1, -0.05) is 12.1 Å². The maximum Gasteiger partial charge on any atom is 0.261 e. The zero-order chi connectivity index (χ0) is 17.6. The molecule has 1 aromatic carbocycles. The molecule has 0 aliphatic carbocycles. The standard InChI is InChI=1S/C18H24N4O2S/c1-2-19-18(21-12-13-6-5-11-25-13)20-9-10-22-16(23)14-7-3-4-8-15(14)17(22)24/h3-4,7-8,13H,2,5-6,9-12H2,1H3,(H2,19,20,21). The molecule has 1 atom stereocenters. The maximum absolute atomic E-state index is 12.3. The van der Waals surface area contributed by atoms with Crippen molar-refractivity contribution in [3.05, 3.63) is 35.4 Å². The molecule has 1 unspecified atom stereocenters. The molecular weight excluding hydrogens is 336 g/mol. The Hall–Kier alpha value is -2.02. The van der Waals surface area contributed by atoms with E-state index in [2.05, 4.69) is 15.6 Å². The topological polar surface area (TPSA) is 73.8 Å². The van der Waals surface area contributed by atoms with Crippen LogP contribution in [0.15, 0.2) is 29.3 Å². The summed E-state index contributed by atoms with van der Waals surface area (Å²) in [4.78, 5) is 30.6. The summed E-state index contributed by atoms with van der Waals surface area (Å²) in [5.74, 6) is 1.54. The second kappa shape index (κ2) is 8.38. The number of carbonyl (C=O) groups is 2. The average Bonchev–Trinajstić information content (AvgIpc) is 3.23. The van der Waals surface area contributed by atoms with Crippen molar-refractivity contribution < 1.29 is 9.59 Å². The van der Waals surface area contributed by atoms with Gasteiger partial charge in [-0.15, -0.1) is 0 Å². The number of aliphatic imine (C=N–C) groups is 1. The van der Waals surface area contributed by atoms with Gasteiger partial charge in [-0.05, 0) is 37.7 Å². The molecule has 1 fully saturated rings. The molecule has 25 heavy (non-hydrogen) atoms. The van der Waals surface area contributed by atoms with Crippen LogP contribution < -0.4 is 10.6 Å². The van der Waals surface area contributed by atoms with Gasteiger partial charge in [0.05, 0.1) is 17.7 Å². The smallest absolute Gasteiger partial charge is 0.261 e. The molecule has 2 N–H and O–H groups in total. The number of rotatable bonds is 6. The number of hydrogen-bond donors (Lipinski definition) is 2. The van der Waals surface area contributed by atoms with Crippen LogP contribution in [0.2, 0.25) is 0 Å². The van der Waals surface area contributed by atoms with Crippen molar-refractivity contribution in [3.63, 3.8) is 0 Å². The number of benzene rings is 1. The van der Waals surface area contributed by atoms with Crippen LogP contribution in [0, 0.1) is 0 Å². The summed E-state index contributed by atoms with van der Waals surface area (Å²) in [7, 11) is 0. The van der Waals surface area contributed by atoms with Gasteiger partial charge in [0.15, 0.2) is 5.96 Å². The van der Waals surface area contributed by atoms with E-state index < -0.39 is 0 Å². The van der Waals surface area contributed by atoms with Crippen molar-refractivity contribution >= 4 is 29.5 Å². The predicted octanol–water partition coefficient (Wildman–Crippen LogP) is 1.73. The van der Waals surface area contributed by atoms with Crippen molar-refractivity contribution in [2.75, 3.05) is 31.9 Å². The number of carbonyl (C=O) groups excluding carboxylic acids is 2. The molecule has 3 rings (SSSR count). The lowest BCUT2D eigenvalue weighted by Crippen LogP contribution is -2.43. The summed E-state index contributed by atoms with van der Waals surface area (Å²) >= 11 is 1.98. The summed E-state index contributed by atoms with van der Waals surface area (Å²) < 4.78 is 0. The van der Waals surface area contributed by atoms with Crippen molar-refractivity contribution in [1.82, 2.24) is 15.5 Å². The van der Waals surface area contributed by atoms with E-state index in [1.54, 1.807) is 24.3 Å². The first kappa shape index (κ1) is 17.8. The highest BCUT2D eigenvalue weighted by Crippen LogP contribution is 2.26. The van der Waals surface area contributed by atoms with E-state index >= 15 is 0 Å². The Bertz CT molecular complexity index is 636. The number of thioether (sulfide) groups is 1. The lowest BCUT2D eigenvalue weighted by atomic mass is 10.1. The molecule has 6 nitrogen and oxygen atoms in total. The monoisotopic (exact) mass is 360 g/mol. The first-order valence-electron chi connectivity index (χ1n) is 8.79. The summed E-state index contributed by atoms with van der Waals surface area (Å²) in [5.41, 5.74) is 0.984. The highest BCUT2D eigenvalue weighted by atomic mass is 32.2. The number of amides is 2. The van der Waals surface area contributed by atoms with Crippen LogP contribution in [0.3, 0.4) is 0 Å². The highest BCUT2D eigenvalue weighted by Gasteiger charge is 2.34. The number of guanidine groups is 1. The lowest BCUT2D eigenvalue weighted by Gasteiger charge is -2.16. The second-order valence-corrected chi connectivity index (χ2v) is 7.50. The third-order valence-electron chi connectivity index (χ3n) is 4.33. The Kier molecular flexibility index (Phi) is 5.96. The van der Waals surface area contributed by atoms with E-state index in [-0.39, 0.29) is 11.8 Å². The molecule has 0 bridgehead atoms. The van der Waals surface area contributed by atoms with Crippen LogP contribution in [-0.4, -0.2) is 59.9 Å². The predicted molar refractivity (Wildman–Crippen MR) is 101 cm³/mol. The number of fused-ring (bicyclic) bond motifs is 1. The fraction of sp³-hybridized carbons (Fsp3) is 0.500. The Morgan fingerprint density at radius 1 is 1.24 bits per heavy atom. The molecule has 1 saturated heterocycles. The molecule has 2 heterocycles.